The van der Waals surface area contributed by atoms with E-state index in [1.165, 1.54) is 18.9 Å². The standard InChI is InChI=1S/C15H19N3O4S/c1-9(2)14-17-18-15(22-14)23-8-13(19)16-11-7-10(20-3)5-6-12(11)21-4/h5-7,9H,8H2,1-4H3,(H,16,19). The molecule has 0 aliphatic rings. The normalized spacial score (nSPS) is 10.7. The number of benzene rings is 1. The lowest BCUT2D eigenvalue weighted by molar-refractivity contribution is -0.113. The van der Waals surface area contributed by atoms with E-state index in [9.17, 15) is 4.79 Å². The van der Waals surface area contributed by atoms with Crippen LogP contribution in [0.1, 0.15) is 25.7 Å². The molecular formula is C15H19N3O4S. The van der Waals surface area contributed by atoms with Crippen molar-refractivity contribution in [3.8, 4) is 11.5 Å². The van der Waals surface area contributed by atoms with Crippen LogP contribution in [0.3, 0.4) is 0 Å². The van der Waals surface area contributed by atoms with Crippen LogP contribution in [-0.2, 0) is 4.79 Å². The summed E-state index contributed by atoms with van der Waals surface area (Å²) in [5, 5.41) is 11.0. The monoisotopic (exact) mass is 337 g/mol. The topological polar surface area (TPSA) is 86.5 Å². The second-order valence-corrected chi connectivity index (χ2v) is 5.89. The number of amides is 1. The Morgan fingerprint density at radius 3 is 2.70 bits per heavy atom. The van der Waals surface area contributed by atoms with E-state index in [1.54, 1.807) is 25.3 Å². The van der Waals surface area contributed by atoms with Gasteiger partial charge in [-0.15, -0.1) is 10.2 Å². The van der Waals surface area contributed by atoms with Crippen LogP contribution in [-0.4, -0.2) is 36.1 Å². The second-order valence-electron chi connectivity index (χ2n) is 4.96. The van der Waals surface area contributed by atoms with Crippen LogP contribution in [0.2, 0.25) is 0 Å². The third-order valence-corrected chi connectivity index (χ3v) is 3.74. The van der Waals surface area contributed by atoms with Gasteiger partial charge in [0.25, 0.3) is 5.22 Å². The molecule has 1 aromatic heterocycles. The first kappa shape index (κ1) is 17.1. The molecule has 7 nitrogen and oxygen atoms in total. The Labute approximate surface area is 138 Å². The zero-order valence-corrected chi connectivity index (χ0v) is 14.3. The van der Waals surface area contributed by atoms with Gasteiger partial charge < -0.3 is 19.2 Å². The van der Waals surface area contributed by atoms with Crippen molar-refractivity contribution in [3.63, 3.8) is 0 Å². The van der Waals surface area contributed by atoms with Crippen LogP contribution < -0.4 is 14.8 Å². The molecule has 0 atom stereocenters. The summed E-state index contributed by atoms with van der Waals surface area (Å²) in [5.41, 5.74) is 0.547. The molecule has 0 bridgehead atoms. The summed E-state index contributed by atoms with van der Waals surface area (Å²) in [4.78, 5) is 12.1. The van der Waals surface area contributed by atoms with Gasteiger partial charge in [0.2, 0.25) is 11.8 Å². The minimum absolute atomic E-state index is 0.153. The van der Waals surface area contributed by atoms with Gasteiger partial charge in [-0.1, -0.05) is 25.6 Å². The highest BCUT2D eigenvalue weighted by Gasteiger charge is 2.13. The van der Waals surface area contributed by atoms with Gasteiger partial charge >= 0.3 is 0 Å². The smallest absolute Gasteiger partial charge is 0.277 e. The van der Waals surface area contributed by atoms with E-state index in [4.69, 9.17) is 13.9 Å². The number of methoxy groups -OCH3 is 2. The number of nitrogens with zero attached hydrogens (tertiary/aromatic N) is 2. The van der Waals surface area contributed by atoms with Crippen molar-refractivity contribution in [3.05, 3.63) is 24.1 Å². The average molecular weight is 337 g/mol. The lowest BCUT2D eigenvalue weighted by Gasteiger charge is -2.11. The van der Waals surface area contributed by atoms with Gasteiger partial charge in [-0.25, -0.2) is 0 Å². The minimum atomic E-state index is -0.203. The Morgan fingerprint density at radius 1 is 1.30 bits per heavy atom. The van der Waals surface area contributed by atoms with Crippen LogP contribution in [0.15, 0.2) is 27.8 Å². The van der Waals surface area contributed by atoms with E-state index < -0.39 is 0 Å². The summed E-state index contributed by atoms with van der Waals surface area (Å²) < 4.78 is 15.8. The molecule has 0 saturated heterocycles. The maximum Gasteiger partial charge on any atom is 0.277 e. The third kappa shape index (κ3) is 4.62. The van der Waals surface area contributed by atoms with E-state index in [-0.39, 0.29) is 17.6 Å². The van der Waals surface area contributed by atoms with Crippen LogP contribution in [0.25, 0.3) is 0 Å². The number of hydrogen-bond acceptors (Lipinski definition) is 7. The molecule has 8 heteroatoms. The van der Waals surface area contributed by atoms with Crippen molar-refractivity contribution in [1.82, 2.24) is 10.2 Å². The van der Waals surface area contributed by atoms with Crippen molar-refractivity contribution < 1.29 is 18.7 Å². The summed E-state index contributed by atoms with van der Waals surface area (Å²) in [6, 6.07) is 5.19. The maximum absolute atomic E-state index is 12.1. The number of aromatic nitrogens is 2. The zero-order valence-electron chi connectivity index (χ0n) is 13.5. The summed E-state index contributed by atoms with van der Waals surface area (Å²) >= 11 is 1.19. The first-order valence-corrected chi connectivity index (χ1v) is 8.00. The number of carbonyl (C=O) groups excluding carboxylic acids is 1. The molecule has 1 amide bonds. The third-order valence-electron chi connectivity index (χ3n) is 2.92. The molecule has 1 aromatic carbocycles. The Bertz CT molecular complexity index is 672. The van der Waals surface area contributed by atoms with Crippen molar-refractivity contribution in [2.24, 2.45) is 0 Å². The van der Waals surface area contributed by atoms with E-state index in [0.29, 0.717) is 28.3 Å². The average Bonchev–Trinajstić information content (AvgIpc) is 3.02. The maximum atomic E-state index is 12.1. The number of ether oxygens (including phenoxy) is 2. The Morgan fingerprint density at radius 2 is 2.09 bits per heavy atom. The fourth-order valence-electron chi connectivity index (χ4n) is 1.74. The number of rotatable bonds is 7. The Balaban J connectivity index is 1.96. The first-order chi connectivity index (χ1) is 11.0. The summed E-state index contributed by atoms with van der Waals surface area (Å²) in [5.74, 6) is 1.86. The molecule has 0 spiro atoms. The highest BCUT2D eigenvalue weighted by Crippen LogP contribution is 2.29. The quantitative estimate of drug-likeness (QED) is 0.777. The first-order valence-electron chi connectivity index (χ1n) is 7.01. The fourth-order valence-corrected chi connectivity index (χ4v) is 2.31. The number of thioether (sulfide) groups is 1. The Kier molecular flexibility index (Phi) is 5.86. The van der Waals surface area contributed by atoms with Crippen LogP contribution in [0, 0.1) is 0 Å². The largest absolute Gasteiger partial charge is 0.497 e. The Hall–Kier alpha value is -2.22. The van der Waals surface area contributed by atoms with Crippen molar-refractivity contribution in [2.75, 3.05) is 25.3 Å². The van der Waals surface area contributed by atoms with Crippen molar-refractivity contribution >= 4 is 23.4 Å². The second kappa shape index (κ2) is 7.87. The van der Waals surface area contributed by atoms with E-state index in [1.807, 2.05) is 13.8 Å². The molecule has 23 heavy (non-hydrogen) atoms. The number of anilines is 1. The molecule has 0 radical (unpaired) electrons. The lowest BCUT2D eigenvalue weighted by Crippen LogP contribution is -2.14. The van der Waals surface area contributed by atoms with Crippen LogP contribution >= 0.6 is 11.8 Å². The van der Waals surface area contributed by atoms with Crippen LogP contribution in [0.5, 0.6) is 11.5 Å². The predicted octanol–water partition coefficient (Wildman–Crippen LogP) is 2.94. The molecule has 1 N–H and O–H groups in total. The fraction of sp³-hybridized carbons (Fsp3) is 0.400. The van der Waals surface area contributed by atoms with E-state index in [0.717, 1.165) is 0 Å². The molecule has 124 valence electrons. The van der Waals surface area contributed by atoms with Gasteiger partial charge in [0.05, 0.1) is 25.7 Å². The van der Waals surface area contributed by atoms with Gasteiger partial charge in [0.1, 0.15) is 11.5 Å². The number of carbonyl (C=O) groups is 1. The highest BCUT2D eigenvalue weighted by atomic mass is 32.2. The summed E-state index contributed by atoms with van der Waals surface area (Å²) in [6.45, 7) is 3.92. The molecule has 1 heterocycles. The lowest BCUT2D eigenvalue weighted by atomic mass is 10.2. The van der Waals surface area contributed by atoms with Crippen LogP contribution in [0.4, 0.5) is 5.69 Å². The highest BCUT2D eigenvalue weighted by molar-refractivity contribution is 7.99. The molecule has 2 rings (SSSR count). The molecule has 0 aliphatic carbocycles. The van der Waals surface area contributed by atoms with E-state index >= 15 is 0 Å². The van der Waals surface area contributed by atoms with Crippen molar-refractivity contribution in [1.29, 1.82) is 0 Å². The summed E-state index contributed by atoms with van der Waals surface area (Å²) in [7, 11) is 3.10. The summed E-state index contributed by atoms with van der Waals surface area (Å²) in [6.07, 6.45) is 0. The number of hydrogen-bond donors (Lipinski definition) is 1. The van der Waals surface area contributed by atoms with E-state index in [2.05, 4.69) is 15.5 Å². The molecular weight excluding hydrogens is 318 g/mol. The number of nitrogens with one attached hydrogen (secondary N) is 1. The van der Waals surface area contributed by atoms with Gasteiger partial charge in [0, 0.05) is 12.0 Å². The van der Waals surface area contributed by atoms with Crippen molar-refractivity contribution in [2.45, 2.75) is 25.0 Å². The SMILES string of the molecule is COc1ccc(OC)c(NC(=O)CSc2nnc(C(C)C)o2)c1. The minimum Gasteiger partial charge on any atom is -0.497 e. The van der Waals surface area contributed by atoms with Gasteiger partial charge in [-0.2, -0.15) is 0 Å². The molecule has 0 aliphatic heterocycles. The van der Waals surface area contributed by atoms with Gasteiger partial charge in [-0.3, -0.25) is 4.79 Å². The molecule has 0 fully saturated rings. The van der Waals surface area contributed by atoms with Gasteiger partial charge in [0.15, 0.2) is 0 Å². The molecule has 0 unspecified atom stereocenters. The molecule has 0 saturated carbocycles. The predicted molar refractivity (Wildman–Crippen MR) is 87.3 cm³/mol. The molecule has 2 aromatic rings. The van der Waals surface area contributed by atoms with Gasteiger partial charge in [-0.05, 0) is 12.1 Å². The zero-order chi connectivity index (χ0) is 16.8.